The van der Waals surface area contributed by atoms with Gasteiger partial charge in [0.15, 0.2) is 23.5 Å². The summed E-state index contributed by atoms with van der Waals surface area (Å²) in [6.07, 6.45) is -0.203. The zero-order valence-corrected chi connectivity index (χ0v) is 14.7. The van der Waals surface area contributed by atoms with Crippen molar-refractivity contribution in [2.24, 2.45) is 0 Å². The minimum absolute atomic E-state index is 0.140. The van der Waals surface area contributed by atoms with Crippen LogP contribution in [0.3, 0.4) is 0 Å². The smallest absolute Gasteiger partial charge is 0.165 e. The maximum Gasteiger partial charge on any atom is 0.165 e. The third-order valence-electron chi connectivity index (χ3n) is 4.55. The minimum atomic E-state index is -1.29. The molecule has 1 saturated heterocycles. The molecule has 0 amide bonds. The van der Waals surface area contributed by atoms with Crippen molar-refractivity contribution < 1.29 is 33.0 Å². The summed E-state index contributed by atoms with van der Waals surface area (Å²) < 4.78 is 46.8. The summed E-state index contributed by atoms with van der Waals surface area (Å²) >= 11 is 0. The van der Waals surface area contributed by atoms with Crippen LogP contribution in [0.4, 0.5) is 13.2 Å². The number of hydrogen-bond acceptors (Lipinski definition) is 8. The lowest BCUT2D eigenvalue weighted by molar-refractivity contribution is -0.0874. The number of aromatic nitrogens is 4. The van der Waals surface area contributed by atoms with Gasteiger partial charge in [-0.05, 0) is 6.07 Å². The number of ether oxygens (including phenoxy) is 1. The second kappa shape index (κ2) is 8.00. The molecule has 3 N–H and O–H groups in total. The van der Waals surface area contributed by atoms with Crippen molar-refractivity contribution in [1.29, 1.82) is 0 Å². The third-order valence-corrected chi connectivity index (χ3v) is 4.55. The molecule has 1 aliphatic heterocycles. The van der Waals surface area contributed by atoms with E-state index in [4.69, 9.17) is 9.57 Å². The van der Waals surface area contributed by atoms with Gasteiger partial charge in [0.1, 0.15) is 36.0 Å². The van der Waals surface area contributed by atoms with E-state index in [2.05, 4.69) is 20.4 Å². The quantitative estimate of drug-likeness (QED) is 0.307. The second-order valence-corrected chi connectivity index (χ2v) is 6.42. The molecular weight excluding hydrogens is 395 g/mol. The summed E-state index contributed by atoms with van der Waals surface area (Å²) in [6.45, 7) is -0.456. The fourth-order valence-corrected chi connectivity index (χ4v) is 3.04. The Bertz CT molecular complexity index is 1020. The SMILES string of the molecule is O[C@@H]1[C@H](O)[C@@H](CONCc2cc(F)c(F)cc2F)O[C@H]1n1cnc2cncnc21. The predicted octanol–water partition coefficient (Wildman–Crippen LogP) is 0.584. The molecule has 3 aromatic rings. The van der Waals surface area contributed by atoms with Gasteiger partial charge in [0, 0.05) is 18.2 Å². The Labute approximate surface area is 161 Å². The first kappa shape index (κ1) is 19.7. The summed E-state index contributed by atoms with van der Waals surface area (Å²) in [5, 5.41) is 20.5. The van der Waals surface area contributed by atoms with E-state index in [0.717, 1.165) is 0 Å². The van der Waals surface area contributed by atoms with Crippen LogP contribution in [-0.2, 0) is 16.1 Å². The van der Waals surface area contributed by atoms with Crippen molar-refractivity contribution in [1.82, 2.24) is 25.0 Å². The average molecular weight is 411 g/mol. The summed E-state index contributed by atoms with van der Waals surface area (Å²) in [4.78, 5) is 17.2. The molecule has 2 aromatic heterocycles. The molecule has 0 bridgehead atoms. The zero-order valence-electron chi connectivity index (χ0n) is 14.7. The van der Waals surface area contributed by atoms with Gasteiger partial charge in [-0.25, -0.2) is 28.1 Å². The zero-order chi connectivity index (χ0) is 20.5. The Morgan fingerprint density at radius 2 is 1.90 bits per heavy atom. The summed E-state index contributed by atoms with van der Waals surface area (Å²) in [5.74, 6) is -3.39. The van der Waals surface area contributed by atoms with Crippen molar-refractivity contribution in [2.45, 2.75) is 31.1 Å². The molecule has 0 spiro atoms. The largest absolute Gasteiger partial charge is 0.387 e. The van der Waals surface area contributed by atoms with E-state index in [1.54, 1.807) is 0 Å². The van der Waals surface area contributed by atoms with Crippen molar-refractivity contribution in [3.8, 4) is 0 Å². The number of rotatable bonds is 6. The van der Waals surface area contributed by atoms with Crippen LogP contribution in [0.1, 0.15) is 11.8 Å². The standard InChI is InChI=1S/C17H16F3N5O4/c18-9-2-11(20)10(19)1-8(9)3-24-28-5-13-14(26)15(27)17(29-13)25-7-23-12-4-21-6-22-16(12)25/h1-2,4,6-7,13-15,17,24,26-27H,3,5H2/t13-,14-,15-,17-/m1/s1. The van der Waals surface area contributed by atoms with E-state index < -0.39 is 42.0 Å². The molecule has 29 heavy (non-hydrogen) atoms. The highest BCUT2D eigenvalue weighted by Crippen LogP contribution is 2.31. The maximum atomic E-state index is 13.6. The number of hydroxylamine groups is 1. The van der Waals surface area contributed by atoms with E-state index >= 15 is 0 Å². The van der Waals surface area contributed by atoms with Crippen LogP contribution >= 0.6 is 0 Å². The summed E-state index contributed by atoms with van der Waals surface area (Å²) in [6, 6.07) is 1.16. The summed E-state index contributed by atoms with van der Waals surface area (Å²) in [5.41, 5.74) is 3.16. The molecular formula is C17H16F3N5O4. The summed E-state index contributed by atoms with van der Waals surface area (Å²) in [7, 11) is 0. The van der Waals surface area contributed by atoms with Crippen molar-refractivity contribution in [3.63, 3.8) is 0 Å². The Kier molecular flexibility index (Phi) is 5.43. The Morgan fingerprint density at radius 3 is 2.72 bits per heavy atom. The Hall–Kier alpha value is -2.64. The molecule has 0 saturated carbocycles. The van der Waals surface area contributed by atoms with Gasteiger partial charge in [-0.2, -0.15) is 5.48 Å². The lowest BCUT2D eigenvalue weighted by Crippen LogP contribution is -2.35. The van der Waals surface area contributed by atoms with Crippen LogP contribution in [0.15, 0.2) is 31.0 Å². The van der Waals surface area contributed by atoms with Crippen molar-refractivity contribution >= 4 is 11.2 Å². The van der Waals surface area contributed by atoms with Gasteiger partial charge in [0.2, 0.25) is 0 Å². The molecule has 1 fully saturated rings. The van der Waals surface area contributed by atoms with Crippen molar-refractivity contribution in [2.75, 3.05) is 6.61 Å². The van der Waals surface area contributed by atoms with Crippen LogP contribution < -0.4 is 5.48 Å². The van der Waals surface area contributed by atoms with Gasteiger partial charge < -0.3 is 14.9 Å². The lowest BCUT2D eigenvalue weighted by atomic mass is 10.1. The molecule has 9 nitrogen and oxygen atoms in total. The molecule has 3 heterocycles. The molecule has 0 aliphatic carbocycles. The van der Waals surface area contributed by atoms with Crippen molar-refractivity contribution in [3.05, 3.63) is 54.0 Å². The molecule has 0 radical (unpaired) electrons. The number of nitrogens with one attached hydrogen (secondary N) is 1. The van der Waals surface area contributed by atoms with E-state index in [1.165, 1.54) is 23.4 Å². The van der Waals surface area contributed by atoms with Crippen LogP contribution in [0.25, 0.3) is 11.2 Å². The molecule has 1 aliphatic rings. The first-order valence-electron chi connectivity index (χ1n) is 8.58. The van der Waals surface area contributed by atoms with Crippen LogP contribution in [-0.4, -0.2) is 54.7 Å². The minimum Gasteiger partial charge on any atom is -0.387 e. The fraction of sp³-hybridized carbons (Fsp3) is 0.353. The normalized spacial score (nSPS) is 24.4. The first-order chi connectivity index (χ1) is 14.0. The number of fused-ring (bicyclic) bond motifs is 1. The van der Waals surface area contributed by atoms with Gasteiger partial charge in [0.25, 0.3) is 0 Å². The highest BCUT2D eigenvalue weighted by molar-refractivity contribution is 5.68. The van der Waals surface area contributed by atoms with E-state index in [-0.39, 0.29) is 18.7 Å². The first-order valence-corrected chi connectivity index (χ1v) is 8.58. The monoisotopic (exact) mass is 411 g/mol. The van der Waals surface area contributed by atoms with E-state index in [0.29, 0.717) is 23.3 Å². The number of hydrogen-bond donors (Lipinski definition) is 3. The van der Waals surface area contributed by atoms with Crippen LogP contribution in [0.2, 0.25) is 0 Å². The Morgan fingerprint density at radius 1 is 1.10 bits per heavy atom. The topological polar surface area (TPSA) is 115 Å². The molecule has 1 aromatic carbocycles. The van der Waals surface area contributed by atoms with E-state index in [9.17, 15) is 23.4 Å². The van der Waals surface area contributed by atoms with Gasteiger partial charge in [-0.15, -0.1) is 0 Å². The van der Waals surface area contributed by atoms with E-state index in [1.807, 2.05) is 0 Å². The molecule has 12 heteroatoms. The van der Waals surface area contributed by atoms with Gasteiger partial charge >= 0.3 is 0 Å². The predicted molar refractivity (Wildman–Crippen MR) is 90.4 cm³/mol. The highest BCUT2D eigenvalue weighted by atomic mass is 19.2. The molecule has 4 rings (SSSR count). The van der Waals surface area contributed by atoms with Crippen LogP contribution in [0, 0.1) is 17.5 Å². The third kappa shape index (κ3) is 3.80. The number of benzene rings is 1. The van der Waals surface area contributed by atoms with Gasteiger partial charge in [0.05, 0.1) is 19.1 Å². The number of aliphatic hydroxyl groups is 2. The molecule has 154 valence electrons. The highest BCUT2D eigenvalue weighted by Gasteiger charge is 2.44. The van der Waals surface area contributed by atoms with Crippen LogP contribution in [0.5, 0.6) is 0 Å². The second-order valence-electron chi connectivity index (χ2n) is 6.42. The van der Waals surface area contributed by atoms with Gasteiger partial charge in [-0.1, -0.05) is 0 Å². The van der Waals surface area contributed by atoms with Gasteiger partial charge in [-0.3, -0.25) is 9.40 Å². The number of nitrogens with zero attached hydrogens (tertiary/aromatic N) is 4. The maximum absolute atomic E-state index is 13.6. The fourth-order valence-electron chi connectivity index (χ4n) is 3.04. The Balaban J connectivity index is 1.36. The average Bonchev–Trinajstić information content (AvgIpc) is 3.25. The number of aliphatic hydroxyl groups excluding tert-OH is 2. The number of imidazole rings is 1. The molecule has 4 atom stereocenters. The molecule has 0 unspecified atom stereocenters. The number of halogens is 3. The lowest BCUT2D eigenvalue weighted by Gasteiger charge is -2.16.